The van der Waals surface area contributed by atoms with Crippen LogP contribution in [-0.4, -0.2) is 23.7 Å². The van der Waals surface area contributed by atoms with E-state index >= 15 is 0 Å². The summed E-state index contributed by atoms with van der Waals surface area (Å²) in [5.41, 5.74) is 15.1. The van der Waals surface area contributed by atoms with Gasteiger partial charge in [-0.2, -0.15) is 0 Å². The van der Waals surface area contributed by atoms with E-state index in [2.05, 4.69) is 188 Å². The van der Waals surface area contributed by atoms with Crippen molar-refractivity contribution < 1.29 is 0 Å². The van der Waals surface area contributed by atoms with Gasteiger partial charge in [0, 0.05) is 69.6 Å². The Bertz CT molecular complexity index is 2470. The van der Waals surface area contributed by atoms with Gasteiger partial charge in [0.05, 0.1) is 22.8 Å². The summed E-state index contributed by atoms with van der Waals surface area (Å²) in [7, 11) is 0. The molecule has 5 aromatic heterocycles. The second-order valence-corrected chi connectivity index (χ2v) is 12.6. The number of H-pyrrole nitrogens is 2. The molecule has 4 aromatic carbocycles. The lowest BCUT2D eigenvalue weighted by Gasteiger charge is -2.18. The molecule has 0 fully saturated rings. The number of para-hydroxylation sites is 2. The number of nitrogens with zero attached hydrogens (tertiary/aromatic N) is 3. The Morgan fingerprint density at radius 2 is 0.917 bits per heavy atom. The van der Waals surface area contributed by atoms with Gasteiger partial charge < -0.3 is 23.7 Å². The van der Waals surface area contributed by atoms with Crippen molar-refractivity contribution in [2.45, 2.75) is 6.42 Å². The molecule has 0 radical (unpaired) electrons. The summed E-state index contributed by atoms with van der Waals surface area (Å²) in [5.74, 6) is 0. The van der Waals surface area contributed by atoms with Crippen molar-refractivity contribution in [1.29, 1.82) is 0 Å². The van der Waals surface area contributed by atoms with Gasteiger partial charge in [0.1, 0.15) is 0 Å². The van der Waals surface area contributed by atoms with Gasteiger partial charge in [-0.05, 0) is 102 Å². The highest BCUT2D eigenvalue weighted by Gasteiger charge is 2.19. The molecule has 5 heterocycles. The van der Waals surface area contributed by atoms with Crippen LogP contribution in [0.3, 0.4) is 0 Å². The van der Waals surface area contributed by atoms with E-state index in [4.69, 9.17) is 0 Å². The van der Waals surface area contributed by atoms with E-state index in [9.17, 15) is 0 Å². The number of aromatic amines is 2. The van der Waals surface area contributed by atoms with Crippen LogP contribution < -0.4 is 0 Å². The Kier molecular flexibility index (Phi) is 5.87. The number of hydrogen-bond donors (Lipinski definition) is 2. The highest BCUT2D eigenvalue weighted by Crippen LogP contribution is 2.36. The molecule has 9 aromatic rings. The summed E-state index contributed by atoms with van der Waals surface area (Å²) in [5, 5.41) is 2.40. The molecule has 10 rings (SSSR count). The van der Waals surface area contributed by atoms with Crippen LogP contribution >= 0.6 is 0 Å². The number of fused-ring (bicyclic) bond motifs is 3. The van der Waals surface area contributed by atoms with E-state index in [1.165, 1.54) is 33.2 Å². The van der Waals surface area contributed by atoms with Crippen LogP contribution in [0.25, 0.3) is 73.3 Å². The number of nitrogens with one attached hydrogen (secondary N) is 2. The zero-order chi connectivity index (χ0) is 31.6. The zero-order valence-electron chi connectivity index (χ0n) is 26.1. The van der Waals surface area contributed by atoms with Crippen LogP contribution in [0.2, 0.25) is 0 Å². The van der Waals surface area contributed by atoms with Crippen LogP contribution in [0.5, 0.6) is 0 Å². The lowest BCUT2D eigenvalue weighted by Crippen LogP contribution is -2.05. The number of hydrogen-bond acceptors (Lipinski definition) is 0. The zero-order valence-corrected chi connectivity index (χ0v) is 26.1. The first-order valence-corrected chi connectivity index (χ1v) is 16.4. The fourth-order valence-electron chi connectivity index (χ4n) is 7.38. The SMILES string of the molecule is C1=C(c2cccn2-c2cc(-n3cccc3-c3cc4ccccc4[nH]3)cc(-n3cccc3-c3cc4ccccc4[nH]3)c2)Cc2ccccc21. The number of aromatic nitrogens is 5. The third kappa shape index (κ3) is 4.32. The van der Waals surface area contributed by atoms with Gasteiger partial charge in [0.2, 0.25) is 0 Å². The molecule has 48 heavy (non-hydrogen) atoms. The molecule has 0 saturated carbocycles. The molecule has 1 aliphatic rings. The minimum atomic E-state index is 0.928. The fourth-order valence-corrected chi connectivity index (χ4v) is 7.38. The van der Waals surface area contributed by atoms with Gasteiger partial charge in [0.15, 0.2) is 0 Å². The molecule has 1 aliphatic carbocycles. The van der Waals surface area contributed by atoms with Crippen molar-refractivity contribution >= 4 is 33.5 Å². The highest BCUT2D eigenvalue weighted by atomic mass is 15.0. The lowest BCUT2D eigenvalue weighted by atomic mass is 10.1. The molecule has 5 heteroatoms. The summed E-state index contributed by atoms with van der Waals surface area (Å²) >= 11 is 0. The molecular weight excluding hydrogens is 587 g/mol. The predicted molar refractivity (Wildman–Crippen MR) is 197 cm³/mol. The third-order valence-corrected chi connectivity index (χ3v) is 9.67. The first-order chi connectivity index (χ1) is 23.7. The van der Waals surface area contributed by atoms with E-state index < -0.39 is 0 Å². The van der Waals surface area contributed by atoms with Crippen molar-refractivity contribution in [1.82, 2.24) is 23.7 Å². The average molecular weight is 618 g/mol. The van der Waals surface area contributed by atoms with E-state index in [1.807, 2.05) is 0 Å². The summed E-state index contributed by atoms with van der Waals surface area (Å²) in [6.07, 6.45) is 9.77. The van der Waals surface area contributed by atoms with Crippen LogP contribution in [0.15, 0.2) is 158 Å². The Morgan fingerprint density at radius 1 is 0.438 bits per heavy atom. The standard InChI is InChI=1S/C43H31N5/c1-2-11-30-23-33(22-29(30)10-1)41-16-7-19-46(41)34-26-35(47-20-8-17-42(47)39-24-31-12-3-5-14-37(31)44-39)28-36(27-34)48-21-9-18-43(48)40-25-32-13-4-6-15-38(32)45-40/h1-22,24-28,44-45H,23H2. The highest BCUT2D eigenvalue weighted by molar-refractivity contribution is 5.89. The first-order valence-electron chi connectivity index (χ1n) is 16.4. The lowest BCUT2D eigenvalue weighted by molar-refractivity contribution is 0.999. The van der Waals surface area contributed by atoms with E-state index in [1.54, 1.807) is 0 Å². The molecule has 0 spiro atoms. The van der Waals surface area contributed by atoms with E-state index in [0.29, 0.717) is 0 Å². The maximum atomic E-state index is 3.65. The quantitative estimate of drug-likeness (QED) is 0.187. The maximum absolute atomic E-state index is 3.65. The second-order valence-electron chi connectivity index (χ2n) is 12.6. The molecule has 0 bridgehead atoms. The normalized spacial score (nSPS) is 12.6. The molecule has 0 aliphatic heterocycles. The first kappa shape index (κ1) is 26.7. The van der Waals surface area contributed by atoms with Crippen LogP contribution in [0.4, 0.5) is 0 Å². The van der Waals surface area contributed by atoms with Gasteiger partial charge in [-0.15, -0.1) is 0 Å². The van der Waals surface area contributed by atoms with Crippen molar-refractivity contribution in [2.24, 2.45) is 0 Å². The van der Waals surface area contributed by atoms with Crippen molar-refractivity contribution in [3.05, 3.63) is 175 Å². The Balaban J connectivity index is 1.15. The van der Waals surface area contributed by atoms with Crippen molar-refractivity contribution in [3.63, 3.8) is 0 Å². The minimum absolute atomic E-state index is 0.928. The minimum Gasteiger partial charge on any atom is -0.353 e. The summed E-state index contributed by atoms with van der Waals surface area (Å²) in [6, 6.07) is 50.0. The largest absolute Gasteiger partial charge is 0.353 e. The van der Waals surface area contributed by atoms with Crippen LogP contribution in [0.1, 0.15) is 16.8 Å². The monoisotopic (exact) mass is 617 g/mol. The summed E-state index contributed by atoms with van der Waals surface area (Å²) in [4.78, 5) is 7.30. The smallest absolute Gasteiger partial charge is 0.0691 e. The van der Waals surface area contributed by atoms with Gasteiger partial charge in [-0.25, -0.2) is 0 Å². The maximum Gasteiger partial charge on any atom is 0.0691 e. The van der Waals surface area contributed by atoms with E-state index in [0.717, 1.165) is 57.3 Å². The molecule has 2 N–H and O–H groups in total. The molecular formula is C43H31N5. The Hall–Kier alpha value is -6.46. The van der Waals surface area contributed by atoms with Gasteiger partial charge in [-0.3, -0.25) is 0 Å². The molecule has 0 saturated heterocycles. The topological polar surface area (TPSA) is 46.4 Å². The fraction of sp³-hybridized carbons (Fsp3) is 0.0233. The molecule has 5 nitrogen and oxygen atoms in total. The number of rotatable bonds is 6. The molecule has 0 unspecified atom stereocenters. The summed E-state index contributed by atoms with van der Waals surface area (Å²) < 4.78 is 6.91. The van der Waals surface area contributed by atoms with Gasteiger partial charge in [-0.1, -0.05) is 60.7 Å². The van der Waals surface area contributed by atoms with Crippen molar-refractivity contribution in [3.8, 4) is 39.8 Å². The van der Waals surface area contributed by atoms with E-state index in [-0.39, 0.29) is 0 Å². The third-order valence-electron chi connectivity index (χ3n) is 9.67. The molecule has 0 atom stereocenters. The predicted octanol–water partition coefficient (Wildman–Crippen LogP) is 10.5. The van der Waals surface area contributed by atoms with Crippen LogP contribution in [-0.2, 0) is 6.42 Å². The van der Waals surface area contributed by atoms with Crippen LogP contribution in [0, 0.1) is 0 Å². The van der Waals surface area contributed by atoms with Gasteiger partial charge >= 0.3 is 0 Å². The Labute approximate surface area is 277 Å². The Morgan fingerprint density at radius 3 is 1.46 bits per heavy atom. The number of allylic oxidation sites excluding steroid dienone is 1. The molecule has 0 amide bonds. The van der Waals surface area contributed by atoms with Crippen molar-refractivity contribution in [2.75, 3.05) is 0 Å². The average Bonchev–Trinajstić information content (AvgIpc) is 3.97. The summed E-state index contributed by atoms with van der Waals surface area (Å²) in [6.45, 7) is 0. The second kappa shape index (κ2) is 10.5. The number of benzene rings is 4. The molecule has 228 valence electrons. The van der Waals surface area contributed by atoms with Gasteiger partial charge in [0.25, 0.3) is 0 Å².